The highest BCUT2D eigenvalue weighted by Gasteiger charge is 2.16. The molecule has 0 aliphatic carbocycles. The van der Waals surface area contributed by atoms with Crippen molar-refractivity contribution >= 4 is 0 Å². The molecule has 2 aromatic carbocycles. The molecule has 1 atom stereocenters. The summed E-state index contributed by atoms with van der Waals surface area (Å²) >= 11 is 0. The molecular weight excluding hydrogens is 274 g/mol. The molecule has 0 unspecified atom stereocenters. The molecule has 2 aromatic rings. The number of hydrogen-bond acceptors (Lipinski definition) is 3. The largest absolute Gasteiger partial charge is 0.493 e. The minimum atomic E-state index is 0.436. The van der Waals surface area contributed by atoms with E-state index >= 15 is 0 Å². The summed E-state index contributed by atoms with van der Waals surface area (Å²) in [4.78, 5) is 0. The summed E-state index contributed by atoms with van der Waals surface area (Å²) in [7, 11) is 1.70. The van der Waals surface area contributed by atoms with Crippen molar-refractivity contribution in [1.82, 2.24) is 5.32 Å². The van der Waals surface area contributed by atoms with Gasteiger partial charge in [0.15, 0.2) is 11.5 Å². The van der Waals surface area contributed by atoms with Gasteiger partial charge in [0.1, 0.15) is 6.61 Å². The average molecular weight is 297 g/mol. The third kappa shape index (κ3) is 3.60. The van der Waals surface area contributed by atoms with Crippen molar-refractivity contribution in [3.05, 3.63) is 59.7 Å². The number of ether oxygens (including phenoxy) is 2. The molecule has 0 bridgehead atoms. The quantitative estimate of drug-likeness (QED) is 0.901. The fourth-order valence-corrected chi connectivity index (χ4v) is 2.89. The van der Waals surface area contributed by atoms with Crippen LogP contribution in [0.2, 0.25) is 0 Å². The Morgan fingerprint density at radius 3 is 2.64 bits per heavy atom. The van der Waals surface area contributed by atoms with Gasteiger partial charge < -0.3 is 14.8 Å². The zero-order valence-corrected chi connectivity index (χ0v) is 13.0. The Morgan fingerprint density at radius 2 is 1.91 bits per heavy atom. The second kappa shape index (κ2) is 7.32. The maximum absolute atomic E-state index is 5.91. The Hall–Kier alpha value is -2.00. The predicted octanol–water partition coefficient (Wildman–Crippen LogP) is 4.09. The van der Waals surface area contributed by atoms with E-state index in [0.29, 0.717) is 12.6 Å². The Bertz CT molecular complexity index is 592. The van der Waals surface area contributed by atoms with Crippen LogP contribution in [0, 0.1) is 0 Å². The lowest BCUT2D eigenvalue weighted by Crippen LogP contribution is -2.26. The normalized spacial score (nSPS) is 18.0. The molecule has 1 N–H and O–H groups in total. The van der Waals surface area contributed by atoms with Crippen LogP contribution in [0.15, 0.2) is 48.5 Å². The number of methoxy groups -OCH3 is 1. The van der Waals surface area contributed by atoms with Crippen LogP contribution in [0.4, 0.5) is 0 Å². The second-order valence-electron chi connectivity index (χ2n) is 5.69. The molecule has 22 heavy (non-hydrogen) atoms. The molecule has 1 heterocycles. The molecular formula is C19H23NO2. The molecule has 116 valence electrons. The summed E-state index contributed by atoms with van der Waals surface area (Å²) in [6.45, 7) is 1.65. The molecule has 1 aliphatic heterocycles. The lowest BCUT2D eigenvalue weighted by atomic mass is 9.97. The van der Waals surface area contributed by atoms with E-state index in [-0.39, 0.29) is 0 Å². The van der Waals surface area contributed by atoms with Gasteiger partial charge in [-0.1, -0.05) is 42.8 Å². The summed E-state index contributed by atoms with van der Waals surface area (Å²) in [6.07, 6.45) is 3.74. The monoisotopic (exact) mass is 297 g/mol. The van der Waals surface area contributed by atoms with Gasteiger partial charge >= 0.3 is 0 Å². The molecule has 0 saturated carbocycles. The minimum absolute atomic E-state index is 0.436. The van der Waals surface area contributed by atoms with E-state index in [1.807, 2.05) is 24.3 Å². The standard InChI is InChI=1S/C19H23NO2/c1-21-19-13-16(17-9-5-6-12-20-17)10-11-18(19)22-14-15-7-3-2-4-8-15/h2-4,7-8,10-11,13,17,20H,5-6,9,12,14H2,1H3/t17-/m1/s1. The molecule has 0 spiro atoms. The van der Waals surface area contributed by atoms with Gasteiger partial charge in [-0.2, -0.15) is 0 Å². The summed E-state index contributed by atoms with van der Waals surface area (Å²) in [5.41, 5.74) is 2.44. The van der Waals surface area contributed by atoms with Crippen LogP contribution in [0.3, 0.4) is 0 Å². The highest BCUT2D eigenvalue weighted by atomic mass is 16.5. The van der Waals surface area contributed by atoms with E-state index in [0.717, 1.165) is 23.6 Å². The first-order valence-electron chi connectivity index (χ1n) is 7.95. The van der Waals surface area contributed by atoms with E-state index < -0.39 is 0 Å². The molecule has 3 heteroatoms. The number of nitrogens with one attached hydrogen (secondary N) is 1. The van der Waals surface area contributed by atoms with Crippen molar-refractivity contribution in [1.29, 1.82) is 0 Å². The number of rotatable bonds is 5. The lowest BCUT2D eigenvalue weighted by molar-refractivity contribution is 0.284. The average Bonchev–Trinajstić information content (AvgIpc) is 2.61. The third-order valence-electron chi connectivity index (χ3n) is 4.14. The van der Waals surface area contributed by atoms with E-state index in [4.69, 9.17) is 9.47 Å². The predicted molar refractivity (Wildman–Crippen MR) is 88.4 cm³/mol. The topological polar surface area (TPSA) is 30.5 Å². The Labute approximate surface area is 132 Å². The molecule has 0 amide bonds. The van der Waals surface area contributed by atoms with Crippen LogP contribution < -0.4 is 14.8 Å². The Kier molecular flexibility index (Phi) is 4.96. The smallest absolute Gasteiger partial charge is 0.161 e. The minimum Gasteiger partial charge on any atom is -0.493 e. The Morgan fingerprint density at radius 1 is 1.05 bits per heavy atom. The van der Waals surface area contributed by atoms with Crippen LogP contribution >= 0.6 is 0 Å². The lowest BCUT2D eigenvalue weighted by Gasteiger charge is -2.24. The third-order valence-corrected chi connectivity index (χ3v) is 4.14. The first kappa shape index (κ1) is 14.9. The highest BCUT2D eigenvalue weighted by Crippen LogP contribution is 2.33. The first-order valence-corrected chi connectivity index (χ1v) is 7.95. The van der Waals surface area contributed by atoms with Crippen LogP contribution in [0.5, 0.6) is 11.5 Å². The first-order chi connectivity index (χ1) is 10.9. The van der Waals surface area contributed by atoms with Crippen LogP contribution in [-0.2, 0) is 6.61 Å². The van der Waals surface area contributed by atoms with Gasteiger partial charge in [0, 0.05) is 6.04 Å². The molecule has 1 aliphatic rings. The molecule has 1 saturated heterocycles. The fraction of sp³-hybridized carbons (Fsp3) is 0.368. The van der Waals surface area contributed by atoms with Gasteiger partial charge in [0.05, 0.1) is 7.11 Å². The van der Waals surface area contributed by atoms with Crippen molar-refractivity contribution in [2.45, 2.75) is 31.9 Å². The van der Waals surface area contributed by atoms with E-state index in [1.165, 1.54) is 24.8 Å². The summed E-state index contributed by atoms with van der Waals surface area (Å²) in [6, 6.07) is 16.9. The van der Waals surface area contributed by atoms with Crippen molar-refractivity contribution in [3.63, 3.8) is 0 Å². The zero-order valence-electron chi connectivity index (χ0n) is 13.0. The van der Waals surface area contributed by atoms with E-state index in [1.54, 1.807) is 7.11 Å². The molecule has 0 radical (unpaired) electrons. The number of benzene rings is 2. The van der Waals surface area contributed by atoms with Crippen molar-refractivity contribution in [2.75, 3.05) is 13.7 Å². The number of hydrogen-bond donors (Lipinski definition) is 1. The Balaban J connectivity index is 1.71. The van der Waals surface area contributed by atoms with Gasteiger partial charge in [0.2, 0.25) is 0 Å². The molecule has 0 aromatic heterocycles. The molecule has 3 nitrogen and oxygen atoms in total. The van der Waals surface area contributed by atoms with Gasteiger partial charge in [-0.25, -0.2) is 0 Å². The van der Waals surface area contributed by atoms with E-state index in [2.05, 4.69) is 29.6 Å². The summed E-state index contributed by atoms with van der Waals surface area (Å²) in [5.74, 6) is 1.60. The van der Waals surface area contributed by atoms with Crippen molar-refractivity contribution in [2.24, 2.45) is 0 Å². The summed E-state index contributed by atoms with van der Waals surface area (Å²) in [5, 5.41) is 3.57. The highest BCUT2D eigenvalue weighted by molar-refractivity contribution is 5.44. The SMILES string of the molecule is COc1cc([C@H]2CCCCN2)ccc1OCc1ccccc1. The maximum atomic E-state index is 5.91. The second-order valence-corrected chi connectivity index (χ2v) is 5.69. The zero-order chi connectivity index (χ0) is 15.2. The summed E-state index contributed by atoms with van der Waals surface area (Å²) < 4.78 is 11.4. The van der Waals surface area contributed by atoms with Gasteiger partial charge in [0.25, 0.3) is 0 Å². The maximum Gasteiger partial charge on any atom is 0.161 e. The van der Waals surface area contributed by atoms with Crippen LogP contribution in [-0.4, -0.2) is 13.7 Å². The number of piperidine rings is 1. The van der Waals surface area contributed by atoms with Gasteiger partial charge in [-0.3, -0.25) is 0 Å². The van der Waals surface area contributed by atoms with Gasteiger partial charge in [-0.15, -0.1) is 0 Å². The van der Waals surface area contributed by atoms with Gasteiger partial charge in [-0.05, 0) is 42.6 Å². The van der Waals surface area contributed by atoms with E-state index in [9.17, 15) is 0 Å². The molecule has 3 rings (SSSR count). The fourth-order valence-electron chi connectivity index (χ4n) is 2.89. The van der Waals surface area contributed by atoms with Crippen molar-refractivity contribution in [3.8, 4) is 11.5 Å². The van der Waals surface area contributed by atoms with Crippen LogP contribution in [0.25, 0.3) is 0 Å². The molecule has 1 fully saturated rings. The van der Waals surface area contributed by atoms with Crippen molar-refractivity contribution < 1.29 is 9.47 Å². The van der Waals surface area contributed by atoms with Crippen LogP contribution in [0.1, 0.15) is 36.4 Å².